The Morgan fingerprint density at radius 1 is 1.12 bits per heavy atom. The van der Waals surface area contributed by atoms with Gasteiger partial charge in [0.05, 0.1) is 11.8 Å². The monoisotopic (exact) mass is 387 g/mol. The van der Waals surface area contributed by atoms with Gasteiger partial charge in [-0.1, -0.05) is 0 Å². The maximum absolute atomic E-state index is 13.1. The molecular formula is C17H11BrFN3O2. The molecule has 0 atom stereocenters. The molecule has 1 aromatic heterocycles. The van der Waals surface area contributed by atoms with E-state index in [4.69, 9.17) is 4.74 Å². The molecule has 5 nitrogen and oxygen atoms in total. The first-order chi connectivity index (χ1) is 11.6. The molecule has 0 aliphatic carbocycles. The van der Waals surface area contributed by atoms with Crippen LogP contribution in [0, 0.1) is 5.82 Å². The largest absolute Gasteiger partial charge is 0.438 e. The van der Waals surface area contributed by atoms with Crippen molar-refractivity contribution >= 4 is 27.5 Å². The molecule has 3 aromatic rings. The molecule has 0 fully saturated rings. The van der Waals surface area contributed by atoms with E-state index in [0.29, 0.717) is 27.4 Å². The summed E-state index contributed by atoms with van der Waals surface area (Å²) in [4.78, 5) is 20.1. The van der Waals surface area contributed by atoms with Crippen molar-refractivity contribution in [2.24, 2.45) is 0 Å². The number of nitrogens with zero attached hydrogens (tertiary/aromatic N) is 2. The summed E-state index contributed by atoms with van der Waals surface area (Å²) in [5.41, 5.74) is 0.930. The van der Waals surface area contributed by atoms with Gasteiger partial charge in [0.1, 0.15) is 11.6 Å². The van der Waals surface area contributed by atoms with Crippen LogP contribution in [0.15, 0.2) is 65.5 Å². The van der Waals surface area contributed by atoms with Crippen LogP contribution in [0.5, 0.6) is 11.6 Å². The van der Waals surface area contributed by atoms with Gasteiger partial charge in [0, 0.05) is 22.6 Å². The Bertz CT molecular complexity index is 857. The van der Waals surface area contributed by atoms with Gasteiger partial charge in [-0.2, -0.15) is 0 Å². The van der Waals surface area contributed by atoms with Crippen molar-refractivity contribution in [3.63, 3.8) is 0 Å². The normalized spacial score (nSPS) is 10.2. The molecule has 1 heterocycles. The lowest BCUT2D eigenvalue weighted by Gasteiger charge is -2.08. The number of benzene rings is 2. The Morgan fingerprint density at radius 2 is 1.92 bits per heavy atom. The highest BCUT2D eigenvalue weighted by Gasteiger charge is 2.11. The standard InChI is InChI=1S/C17H11BrFN3O2/c18-15-9-11(19)1-6-14(15)17(23)22-12-2-4-13(5-3-12)24-16-10-20-7-8-21-16/h1-10H,(H,22,23). The minimum atomic E-state index is -0.413. The van der Waals surface area contributed by atoms with Gasteiger partial charge in [-0.15, -0.1) is 0 Å². The lowest BCUT2D eigenvalue weighted by molar-refractivity contribution is 0.102. The van der Waals surface area contributed by atoms with E-state index in [1.165, 1.54) is 30.6 Å². The van der Waals surface area contributed by atoms with Crippen molar-refractivity contribution in [1.82, 2.24) is 9.97 Å². The smallest absolute Gasteiger partial charge is 0.256 e. The number of carbonyl (C=O) groups excluding carboxylic acids is 1. The third-order valence-electron chi connectivity index (χ3n) is 3.05. The van der Waals surface area contributed by atoms with Crippen molar-refractivity contribution in [2.75, 3.05) is 5.32 Å². The highest BCUT2D eigenvalue weighted by atomic mass is 79.9. The molecule has 24 heavy (non-hydrogen) atoms. The van der Waals surface area contributed by atoms with Crippen LogP contribution in [0.2, 0.25) is 0 Å². The zero-order valence-corrected chi connectivity index (χ0v) is 13.8. The van der Waals surface area contributed by atoms with Gasteiger partial charge >= 0.3 is 0 Å². The Kier molecular flexibility index (Phi) is 4.81. The molecule has 0 unspecified atom stereocenters. The van der Waals surface area contributed by atoms with Gasteiger partial charge in [-0.25, -0.2) is 9.37 Å². The Labute approximate surface area is 145 Å². The molecule has 0 aliphatic rings. The number of carbonyl (C=O) groups is 1. The fourth-order valence-corrected chi connectivity index (χ4v) is 2.47. The third-order valence-corrected chi connectivity index (χ3v) is 3.71. The van der Waals surface area contributed by atoms with Gasteiger partial charge in [0.25, 0.3) is 5.91 Å². The van der Waals surface area contributed by atoms with Crippen LogP contribution in [0.25, 0.3) is 0 Å². The number of aromatic nitrogens is 2. The molecular weight excluding hydrogens is 377 g/mol. The highest BCUT2D eigenvalue weighted by molar-refractivity contribution is 9.10. The van der Waals surface area contributed by atoms with E-state index in [2.05, 4.69) is 31.2 Å². The fraction of sp³-hybridized carbons (Fsp3) is 0. The average Bonchev–Trinajstić information content (AvgIpc) is 2.57. The van der Waals surface area contributed by atoms with Gasteiger partial charge in [0.15, 0.2) is 0 Å². The molecule has 7 heteroatoms. The van der Waals surface area contributed by atoms with Crippen molar-refractivity contribution in [2.45, 2.75) is 0 Å². The molecule has 120 valence electrons. The van der Waals surface area contributed by atoms with Gasteiger partial charge in [-0.3, -0.25) is 9.78 Å². The van der Waals surface area contributed by atoms with E-state index in [0.717, 1.165) is 0 Å². The average molecular weight is 388 g/mol. The number of halogens is 2. The molecule has 0 saturated heterocycles. The summed E-state index contributed by atoms with van der Waals surface area (Å²) >= 11 is 3.18. The highest BCUT2D eigenvalue weighted by Crippen LogP contribution is 2.22. The van der Waals surface area contributed by atoms with Crippen molar-refractivity contribution in [3.8, 4) is 11.6 Å². The molecule has 0 bridgehead atoms. The van der Waals surface area contributed by atoms with E-state index in [1.807, 2.05) is 0 Å². The third kappa shape index (κ3) is 3.94. The number of rotatable bonds is 4. The summed E-state index contributed by atoms with van der Waals surface area (Å²) in [5.74, 6) is 0.189. The van der Waals surface area contributed by atoms with Crippen LogP contribution in [0.3, 0.4) is 0 Å². The van der Waals surface area contributed by atoms with Gasteiger partial charge < -0.3 is 10.1 Å². The van der Waals surface area contributed by atoms with E-state index < -0.39 is 5.82 Å². The predicted octanol–water partition coefficient (Wildman–Crippen LogP) is 4.42. The first kappa shape index (κ1) is 16.1. The van der Waals surface area contributed by atoms with Crippen LogP contribution in [-0.2, 0) is 0 Å². The molecule has 0 spiro atoms. The molecule has 0 saturated carbocycles. The second-order valence-corrected chi connectivity index (χ2v) is 5.60. The summed E-state index contributed by atoms with van der Waals surface area (Å²) in [7, 11) is 0. The first-order valence-electron chi connectivity index (χ1n) is 6.92. The summed E-state index contributed by atoms with van der Waals surface area (Å²) in [5, 5.41) is 2.73. The number of hydrogen-bond acceptors (Lipinski definition) is 4. The summed E-state index contributed by atoms with van der Waals surface area (Å²) in [6.45, 7) is 0. The number of hydrogen-bond donors (Lipinski definition) is 1. The second-order valence-electron chi connectivity index (χ2n) is 4.75. The number of nitrogens with one attached hydrogen (secondary N) is 1. The SMILES string of the molecule is O=C(Nc1ccc(Oc2cnccn2)cc1)c1ccc(F)cc1Br. The number of amides is 1. The minimum absolute atomic E-state index is 0.343. The van der Waals surface area contributed by atoms with E-state index in [9.17, 15) is 9.18 Å². The van der Waals surface area contributed by atoms with E-state index >= 15 is 0 Å². The summed E-state index contributed by atoms with van der Waals surface area (Å²) < 4.78 is 19.0. The van der Waals surface area contributed by atoms with Crippen molar-refractivity contribution in [3.05, 3.63) is 76.9 Å². The number of anilines is 1. The first-order valence-corrected chi connectivity index (χ1v) is 7.71. The summed E-state index contributed by atoms with van der Waals surface area (Å²) in [6.07, 6.45) is 4.59. The lowest BCUT2D eigenvalue weighted by Crippen LogP contribution is -2.12. The van der Waals surface area contributed by atoms with Gasteiger partial charge in [-0.05, 0) is 58.4 Å². The maximum atomic E-state index is 13.1. The molecule has 0 aliphatic heterocycles. The Hall–Kier alpha value is -2.80. The molecule has 3 rings (SSSR count). The minimum Gasteiger partial charge on any atom is -0.438 e. The maximum Gasteiger partial charge on any atom is 0.256 e. The van der Waals surface area contributed by atoms with Crippen LogP contribution < -0.4 is 10.1 Å². The van der Waals surface area contributed by atoms with Crippen molar-refractivity contribution < 1.29 is 13.9 Å². The fourth-order valence-electron chi connectivity index (χ4n) is 1.94. The lowest BCUT2D eigenvalue weighted by atomic mass is 10.2. The van der Waals surface area contributed by atoms with Crippen LogP contribution in [0.1, 0.15) is 10.4 Å². The topological polar surface area (TPSA) is 64.1 Å². The molecule has 1 amide bonds. The quantitative estimate of drug-likeness (QED) is 0.719. The Balaban J connectivity index is 1.68. The van der Waals surface area contributed by atoms with Gasteiger partial charge in [0.2, 0.25) is 5.88 Å². The Morgan fingerprint density at radius 3 is 2.58 bits per heavy atom. The van der Waals surface area contributed by atoms with Crippen LogP contribution in [-0.4, -0.2) is 15.9 Å². The van der Waals surface area contributed by atoms with Crippen LogP contribution in [0.4, 0.5) is 10.1 Å². The zero-order valence-electron chi connectivity index (χ0n) is 12.2. The molecule has 2 aromatic carbocycles. The van der Waals surface area contributed by atoms with E-state index in [-0.39, 0.29) is 5.91 Å². The van der Waals surface area contributed by atoms with Crippen LogP contribution >= 0.6 is 15.9 Å². The summed E-state index contributed by atoms with van der Waals surface area (Å²) in [6, 6.07) is 10.7. The van der Waals surface area contributed by atoms with Crippen molar-refractivity contribution in [1.29, 1.82) is 0 Å². The predicted molar refractivity (Wildman–Crippen MR) is 90.6 cm³/mol. The second kappa shape index (κ2) is 7.18. The van der Waals surface area contributed by atoms with E-state index in [1.54, 1.807) is 30.5 Å². The molecule has 1 N–H and O–H groups in total. The molecule has 0 radical (unpaired) electrons. The zero-order chi connectivity index (χ0) is 16.9. The number of ether oxygens (including phenoxy) is 1.